The summed E-state index contributed by atoms with van der Waals surface area (Å²) < 4.78 is 37.1. The third-order valence-electron chi connectivity index (χ3n) is 4.71. The molecule has 0 aliphatic rings. The topological polar surface area (TPSA) is 93.7 Å². The van der Waals surface area contributed by atoms with Gasteiger partial charge in [0.1, 0.15) is 12.6 Å². The maximum absolute atomic E-state index is 12.8. The molecule has 0 saturated heterocycles. The van der Waals surface area contributed by atoms with Gasteiger partial charge in [0.05, 0.1) is 19.4 Å². The van der Waals surface area contributed by atoms with Crippen molar-refractivity contribution in [3.63, 3.8) is 0 Å². The number of methoxy groups -OCH3 is 1. The second kappa shape index (κ2) is 11.9. The molecule has 0 unspecified atom stereocenters. The minimum absolute atomic E-state index is 0.0981. The highest BCUT2D eigenvalue weighted by Crippen LogP contribution is 2.35. The summed E-state index contributed by atoms with van der Waals surface area (Å²) in [5.74, 6) is 6.23. The number of carbonyl (C=O) groups is 1. The van der Waals surface area contributed by atoms with E-state index in [2.05, 4.69) is 21.9 Å². The molecule has 0 heterocycles. The van der Waals surface area contributed by atoms with Gasteiger partial charge in [-0.2, -0.15) is 0 Å². The number of rotatable bonds is 9. The zero-order valence-electron chi connectivity index (χ0n) is 19.3. The zero-order chi connectivity index (χ0) is 24.6. The number of para-hydroxylation sites is 1. The summed E-state index contributed by atoms with van der Waals surface area (Å²) in [5.41, 5.74) is 1.49. The van der Waals surface area contributed by atoms with Crippen molar-refractivity contribution in [1.82, 2.24) is 10.0 Å². The van der Waals surface area contributed by atoms with Gasteiger partial charge in [0, 0.05) is 16.1 Å². The van der Waals surface area contributed by atoms with Gasteiger partial charge in [0.2, 0.25) is 15.9 Å². The Kier molecular flexibility index (Phi) is 9.59. The third kappa shape index (κ3) is 8.28. The van der Waals surface area contributed by atoms with Gasteiger partial charge in [-0.25, -0.2) is 13.1 Å². The average molecular weight is 493 g/mol. The third-order valence-corrected chi connectivity index (χ3v) is 5.64. The summed E-state index contributed by atoms with van der Waals surface area (Å²) in [4.78, 5) is 12.8. The predicted octanol–water partition coefficient (Wildman–Crippen LogP) is 3.53. The van der Waals surface area contributed by atoms with E-state index in [-0.39, 0.29) is 12.5 Å². The molecule has 0 saturated carbocycles. The number of halogens is 1. The molecule has 0 aliphatic carbocycles. The van der Waals surface area contributed by atoms with Crippen LogP contribution in [0.2, 0.25) is 5.02 Å². The Hall–Kier alpha value is -2.73. The molecule has 1 amide bonds. The summed E-state index contributed by atoms with van der Waals surface area (Å²) in [7, 11) is -2.02. The van der Waals surface area contributed by atoms with Crippen LogP contribution in [0.3, 0.4) is 0 Å². The maximum Gasteiger partial charge on any atom is 0.238 e. The van der Waals surface area contributed by atoms with Crippen LogP contribution >= 0.6 is 11.6 Å². The maximum atomic E-state index is 12.8. The fourth-order valence-electron chi connectivity index (χ4n) is 3.07. The lowest BCUT2D eigenvalue weighted by atomic mass is 10.0. The van der Waals surface area contributed by atoms with Crippen molar-refractivity contribution in [2.45, 2.75) is 32.9 Å². The molecule has 2 atom stereocenters. The van der Waals surface area contributed by atoms with Crippen LogP contribution in [-0.2, 0) is 14.8 Å². The first-order valence-corrected chi connectivity index (χ1v) is 12.6. The molecule has 2 aromatic rings. The van der Waals surface area contributed by atoms with Crippen molar-refractivity contribution >= 4 is 27.5 Å². The van der Waals surface area contributed by atoms with Gasteiger partial charge >= 0.3 is 0 Å². The number of sulfonamides is 1. The molecule has 0 bridgehead atoms. The molecule has 33 heavy (non-hydrogen) atoms. The molecular weight excluding hydrogens is 464 g/mol. The number of amides is 1. The second-order valence-corrected chi connectivity index (χ2v) is 10.0. The number of benzene rings is 2. The molecule has 2 N–H and O–H groups in total. The fourth-order valence-corrected chi connectivity index (χ4v) is 4.04. The highest BCUT2D eigenvalue weighted by atomic mass is 35.5. The fraction of sp³-hybridized carbons (Fsp3) is 0.375. The van der Waals surface area contributed by atoms with E-state index in [1.54, 1.807) is 45.0 Å². The molecule has 0 aromatic heterocycles. The zero-order valence-corrected chi connectivity index (χ0v) is 20.9. The molecular formula is C24H29ClN2O5S. The van der Waals surface area contributed by atoms with E-state index in [9.17, 15) is 13.2 Å². The van der Waals surface area contributed by atoms with Crippen molar-refractivity contribution in [1.29, 1.82) is 0 Å². The molecule has 9 heteroatoms. The molecule has 0 radical (unpaired) electrons. The van der Waals surface area contributed by atoms with E-state index in [1.807, 2.05) is 18.2 Å². The molecule has 2 aromatic carbocycles. The molecule has 7 nitrogen and oxygen atoms in total. The van der Waals surface area contributed by atoms with Crippen molar-refractivity contribution < 1.29 is 22.7 Å². The molecule has 0 spiro atoms. The molecule has 0 fully saturated rings. The summed E-state index contributed by atoms with van der Waals surface area (Å²) in [6.45, 7) is 5.43. The van der Waals surface area contributed by atoms with Crippen LogP contribution in [0.25, 0.3) is 0 Å². The van der Waals surface area contributed by atoms with Crippen molar-refractivity contribution in [2.24, 2.45) is 5.92 Å². The Labute approximate surface area is 200 Å². The average Bonchev–Trinajstić information content (AvgIpc) is 2.75. The van der Waals surface area contributed by atoms with Crippen LogP contribution in [0.5, 0.6) is 11.5 Å². The minimum atomic E-state index is -3.55. The first-order chi connectivity index (χ1) is 15.5. The highest BCUT2D eigenvalue weighted by molar-refractivity contribution is 7.88. The molecule has 2 rings (SSSR count). The lowest BCUT2D eigenvalue weighted by molar-refractivity contribution is -0.124. The number of nitrogens with one attached hydrogen (secondary N) is 2. The normalized spacial score (nSPS) is 12.9. The minimum Gasteiger partial charge on any atom is -0.493 e. The highest BCUT2D eigenvalue weighted by Gasteiger charge is 2.27. The Morgan fingerprint density at radius 1 is 1.12 bits per heavy atom. The Balaban J connectivity index is 2.19. The van der Waals surface area contributed by atoms with Crippen LogP contribution in [0, 0.1) is 17.8 Å². The van der Waals surface area contributed by atoms with Crippen LogP contribution in [0.1, 0.15) is 37.9 Å². The van der Waals surface area contributed by atoms with Crippen LogP contribution in [-0.4, -0.2) is 40.3 Å². The van der Waals surface area contributed by atoms with Crippen molar-refractivity contribution in [3.05, 3.63) is 58.6 Å². The van der Waals surface area contributed by atoms with Crippen molar-refractivity contribution in [2.75, 3.05) is 20.0 Å². The lowest BCUT2D eigenvalue weighted by Crippen LogP contribution is -2.49. The van der Waals surface area contributed by atoms with E-state index < -0.39 is 28.0 Å². The van der Waals surface area contributed by atoms with Crippen LogP contribution in [0.4, 0.5) is 0 Å². The molecule has 178 valence electrons. The second-order valence-electron chi connectivity index (χ2n) is 7.82. The summed E-state index contributed by atoms with van der Waals surface area (Å²) in [6.07, 6.45) is 1.03. The first kappa shape index (κ1) is 26.5. The summed E-state index contributed by atoms with van der Waals surface area (Å²) >= 11 is 5.89. The summed E-state index contributed by atoms with van der Waals surface area (Å²) in [5, 5.41) is 3.50. The number of hydrogen-bond donors (Lipinski definition) is 2. The van der Waals surface area contributed by atoms with E-state index in [4.69, 9.17) is 21.1 Å². The van der Waals surface area contributed by atoms with Crippen LogP contribution < -0.4 is 19.5 Å². The quantitative estimate of drug-likeness (QED) is 0.522. The first-order valence-electron chi connectivity index (χ1n) is 10.3. The monoisotopic (exact) mass is 492 g/mol. The smallest absolute Gasteiger partial charge is 0.238 e. The Morgan fingerprint density at radius 3 is 2.36 bits per heavy atom. The number of ether oxygens (including phenoxy) is 2. The Morgan fingerprint density at radius 2 is 1.79 bits per heavy atom. The Bertz CT molecular complexity index is 1120. The standard InChI is InChI=1S/C24H29ClN2O5S/c1-16(2)22(27-33(5,29)30)24(28)26-17(3)20-9-6-10-21(31-4)23(20)32-15-7-8-18-11-13-19(25)14-12-18/h6,9-14,16-17,22,27H,15H2,1-5H3,(H,26,28)/t17-,22-/m0/s1. The largest absolute Gasteiger partial charge is 0.493 e. The summed E-state index contributed by atoms with van der Waals surface area (Å²) in [6, 6.07) is 11.1. The number of carbonyl (C=O) groups excluding carboxylic acids is 1. The lowest BCUT2D eigenvalue weighted by Gasteiger charge is -2.24. The van der Waals surface area contributed by atoms with E-state index >= 15 is 0 Å². The van der Waals surface area contributed by atoms with Gasteiger partial charge in [-0.3, -0.25) is 4.79 Å². The SMILES string of the molecule is COc1cccc([C@H](C)NC(=O)[C@@H](NS(C)(=O)=O)C(C)C)c1OCC#Cc1ccc(Cl)cc1. The van der Waals surface area contributed by atoms with E-state index in [0.29, 0.717) is 22.1 Å². The van der Waals surface area contributed by atoms with Gasteiger partial charge in [0.25, 0.3) is 0 Å². The number of hydrogen-bond acceptors (Lipinski definition) is 5. The van der Waals surface area contributed by atoms with Gasteiger partial charge in [-0.1, -0.05) is 49.4 Å². The predicted molar refractivity (Wildman–Crippen MR) is 130 cm³/mol. The van der Waals surface area contributed by atoms with Crippen molar-refractivity contribution in [3.8, 4) is 23.3 Å². The molecule has 0 aliphatic heterocycles. The van der Waals surface area contributed by atoms with Crippen LogP contribution in [0.15, 0.2) is 42.5 Å². The van der Waals surface area contributed by atoms with Gasteiger partial charge in [0.15, 0.2) is 11.5 Å². The van der Waals surface area contributed by atoms with Gasteiger partial charge in [-0.15, -0.1) is 0 Å². The van der Waals surface area contributed by atoms with Gasteiger partial charge in [-0.05, 0) is 43.2 Å². The van der Waals surface area contributed by atoms with E-state index in [0.717, 1.165) is 11.8 Å². The van der Waals surface area contributed by atoms with E-state index in [1.165, 1.54) is 7.11 Å². The van der Waals surface area contributed by atoms with Gasteiger partial charge < -0.3 is 14.8 Å².